The molecule has 0 bridgehead atoms. The summed E-state index contributed by atoms with van der Waals surface area (Å²) >= 11 is 0. The molecule has 48 valence electrons. The summed E-state index contributed by atoms with van der Waals surface area (Å²) < 4.78 is 4.16. The van der Waals surface area contributed by atoms with Crippen molar-refractivity contribution >= 4 is 6.47 Å². The third-order valence-corrected chi connectivity index (χ3v) is 0.655. The van der Waals surface area contributed by atoms with Crippen molar-refractivity contribution in [3.63, 3.8) is 0 Å². The van der Waals surface area contributed by atoms with Gasteiger partial charge in [-0.15, -0.1) is 0 Å². The Morgan fingerprint density at radius 3 is 2.12 bits per heavy atom. The fourth-order valence-corrected chi connectivity index (χ4v) is 0.222. The minimum absolute atomic E-state index is 0.192. The van der Waals surface area contributed by atoms with Crippen molar-refractivity contribution < 1.29 is 19.7 Å². The summed E-state index contributed by atoms with van der Waals surface area (Å²) in [6.07, 6.45) is -0.757. The van der Waals surface area contributed by atoms with Gasteiger partial charge in [-0.2, -0.15) is 0 Å². The number of carbonyl (C=O) groups excluding carboxylic acids is 1. The summed E-state index contributed by atoms with van der Waals surface area (Å²) in [7, 11) is 0. The number of ether oxygens (including phenoxy) is 1. The lowest BCUT2D eigenvalue weighted by atomic mass is 10.4. The van der Waals surface area contributed by atoms with Gasteiger partial charge >= 0.3 is 0 Å². The van der Waals surface area contributed by atoms with E-state index in [1.165, 1.54) is 0 Å². The van der Waals surface area contributed by atoms with Crippen LogP contribution in [0.1, 0.15) is 0 Å². The summed E-state index contributed by atoms with van der Waals surface area (Å²) in [5, 5.41) is 16.4. The van der Waals surface area contributed by atoms with Gasteiger partial charge < -0.3 is 14.9 Å². The van der Waals surface area contributed by atoms with Gasteiger partial charge in [0.25, 0.3) is 6.47 Å². The van der Waals surface area contributed by atoms with Gasteiger partial charge in [0.15, 0.2) is 0 Å². The predicted octanol–water partition coefficient (Wildman–Crippen LogP) is -1.49. The van der Waals surface area contributed by atoms with Crippen LogP contribution in [0.4, 0.5) is 0 Å². The zero-order chi connectivity index (χ0) is 6.41. The first-order valence-electron chi connectivity index (χ1n) is 2.16. The summed E-state index contributed by atoms with van der Waals surface area (Å²) in [4.78, 5) is 9.49. The van der Waals surface area contributed by atoms with Crippen LogP contribution in [0.5, 0.6) is 0 Å². The summed E-state index contributed by atoms with van der Waals surface area (Å²) in [5.41, 5.74) is 0. The molecule has 4 heteroatoms. The van der Waals surface area contributed by atoms with Gasteiger partial charge in [0.2, 0.25) is 0 Å². The van der Waals surface area contributed by atoms with E-state index in [1.807, 2.05) is 0 Å². The number of aliphatic hydroxyl groups is 2. The van der Waals surface area contributed by atoms with Gasteiger partial charge in [-0.25, -0.2) is 0 Å². The molecule has 0 fully saturated rings. The second-order valence-electron chi connectivity index (χ2n) is 1.22. The number of hydrogen-bond acceptors (Lipinski definition) is 4. The van der Waals surface area contributed by atoms with Crippen LogP contribution in [0, 0.1) is 0 Å². The Kier molecular flexibility index (Phi) is 4.20. The van der Waals surface area contributed by atoms with E-state index in [9.17, 15) is 4.79 Å². The normalized spacial score (nSPS) is 9.38. The molecule has 0 amide bonds. The van der Waals surface area contributed by atoms with Crippen molar-refractivity contribution in [1.82, 2.24) is 0 Å². The zero-order valence-electron chi connectivity index (χ0n) is 4.28. The Labute approximate surface area is 46.7 Å². The molecule has 0 atom stereocenters. The Bertz CT molecular complexity index is 59.1. The van der Waals surface area contributed by atoms with Crippen LogP contribution in [-0.4, -0.2) is 36.0 Å². The first-order valence-corrected chi connectivity index (χ1v) is 2.16. The first kappa shape index (κ1) is 7.39. The minimum atomic E-state index is -0.757. The molecule has 0 aliphatic rings. The molecule has 0 heterocycles. The smallest absolute Gasteiger partial charge is 0.293 e. The van der Waals surface area contributed by atoms with Gasteiger partial charge in [-0.3, -0.25) is 4.79 Å². The Morgan fingerprint density at radius 1 is 1.50 bits per heavy atom. The number of carbonyl (C=O) groups is 1. The highest BCUT2D eigenvalue weighted by Crippen LogP contribution is 1.83. The topological polar surface area (TPSA) is 66.8 Å². The summed E-state index contributed by atoms with van der Waals surface area (Å²) in [6, 6.07) is 0. The van der Waals surface area contributed by atoms with Crippen molar-refractivity contribution in [2.75, 3.05) is 13.2 Å². The number of rotatable bonds is 4. The Hall–Kier alpha value is -0.610. The second-order valence-corrected chi connectivity index (χ2v) is 1.22. The van der Waals surface area contributed by atoms with E-state index in [0.717, 1.165) is 0 Å². The average Bonchev–Trinajstić information content (AvgIpc) is 1.83. The fraction of sp³-hybridized carbons (Fsp3) is 0.750. The minimum Gasteiger partial charge on any atom is -0.460 e. The molecule has 0 radical (unpaired) electrons. The van der Waals surface area contributed by atoms with Crippen molar-refractivity contribution in [2.24, 2.45) is 0 Å². The highest BCUT2D eigenvalue weighted by Gasteiger charge is 2.02. The van der Waals surface area contributed by atoms with E-state index in [0.29, 0.717) is 0 Å². The molecule has 0 aromatic rings. The molecule has 0 spiro atoms. The van der Waals surface area contributed by atoms with E-state index >= 15 is 0 Å². The molecular weight excluding hydrogens is 112 g/mol. The highest BCUT2D eigenvalue weighted by molar-refractivity contribution is 5.37. The molecule has 2 N–H and O–H groups in total. The molecular formula is C4H8O4. The van der Waals surface area contributed by atoms with E-state index in [2.05, 4.69) is 4.74 Å². The van der Waals surface area contributed by atoms with Gasteiger partial charge in [0.1, 0.15) is 6.10 Å². The Balaban J connectivity index is 3.20. The van der Waals surface area contributed by atoms with Gasteiger partial charge in [-0.1, -0.05) is 0 Å². The molecule has 0 saturated carbocycles. The van der Waals surface area contributed by atoms with Gasteiger partial charge in [-0.05, 0) is 0 Å². The van der Waals surface area contributed by atoms with Crippen LogP contribution in [0.2, 0.25) is 0 Å². The summed E-state index contributed by atoms with van der Waals surface area (Å²) in [5.74, 6) is 0. The molecule has 0 unspecified atom stereocenters. The molecule has 0 aromatic heterocycles. The number of aliphatic hydroxyl groups excluding tert-OH is 2. The monoisotopic (exact) mass is 120 g/mol. The molecule has 8 heavy (non-hydrogen) atoms. The lowest BCUT2D eigenvalue weighted by Crippen LogP contribution is -2.20. The van der Waals surface area contributed by atoms with Crippen LogP contribution in [0.15, 0.2) is 0 Å². The third-order valence-electron chi connectivity index (χ3n) is 0.655. The molecule has 0 rings (SSSR count). The van der Waals surface area contributed by atoms with Crippen LogP contribution in [0.25, 0.3) is 0 Å². The molecule has 0 saturated heterocycles. The standard InChI is InChI=1S/C4H8O4/c5-1-4(2-6)8-3-7/h3-6H,1-2H2. The quantitative estimate of drug-likeness (QED) is 0.444. The van der Waals surface area contributed by atoms with Gasteiger partial charge in [0, 0.05) is 0 Å². The van der Waals surface area contributed by atoms with Crippen LogP contribution in [0.3, 0.4) is 0 Å². The second kappa shape index (κ2) is 4.55. The van der Waals surface area contributed by atoms with Crippen molar-refractivity contribution in [3.05, 3.63) is 0 Å². The summed E-state index contributed by atoms with van der Waals surface area (Å²) in [6.45, 7) is -0.485. The fourth-order valence-electron chi connectivity index (χ4n) is 0.222. The third kappa shape index (κ3) is 2.54. The molecule has 0 aliphatic heterocycles. The van der Waals surface area contributed by atoms with E-state index in [1.54, 1.807) is 0 Å². The average molecular weight is 120 g/mol. The molecule has 4 nitrogen and oxygen atoms in total. The highest BCUT2D eigenvalue weighted by atomic mass is 16.5. The van der Waals surface area contributed by atoms with Crippen LogP contribution in [-0.2, 0) is 9.53 Å². The van der Waals surface area contributed by atoms with Crippen LogP contribution >= 0.6 is 0 Å². The Morgan fingerprint density at radius 2 is 2.00 bits per heavy atom. The maximum Gasteiger partial charge on any atom is 0.293 e. The van der Waals surface area contributed by atoms with Crippen LogP contribution < -0.4 is 0 Å². The predicted molar refractivity (Wildman–Crippen MR) is 25.1 cm³/mol. The van der Waals surface area contributed by atoms with Crippen molar-refractivity contribution in [1.29, 1.82) is 0 Å². The maximum absolute atomic E-state index is 9.49. The first-order chi connectivity index (χ1) is 3.85. The van der Waals surface area contributed by atoms with Crippen molar-refractivity contribution in [2.45, 2.75) is 6.10 Å². The number of hydrogen-bond donors (Lipinski definition) is 2. The lowest BCUT2D eigenvalue weighted by Gasteiger charge is -2.05. The largest absolute Gasteiger partial charge is 0.460 e. The lowest BCUT2D eigenvalue weighted by molar-refractivity contribution is -0.137. The van der Waals surface area contributed by atoms with Gasteiger partial charge in [0.05, 0.1) is 13.2 Å². The maximum atomic E-state index is 9.49. The SMILES string of the molecule is O=COC(CO)CO. The molecule has 0 aliphatic carbocycles. The van der Waals surface area contributed by atoms with E-state index in [-0.39, 0.29) is 19.7 Å². The van der Waals surface area contributed by atoms with Crippen molar-refractivity contribution in [3.8, 4) is 0 Å². The van der Waals surface area contributed by atoms with E-state index < -0.39 is 6.10 Å². The zero-order valence-corrected chi connectivity index (χ0v) is 4.28. The van der Waals surface area contributed by atoms with E-state index in [4.69, 9.17) is 10.2 Å². The molecule has 0 aromatic carbocycles.